The first-order chi connectivity index (χ1) is 10.3. The van der Waals surface area contributed by atoms with Crippen LogP contribution in [-0.4, -0.2) is 23.9 Å². The lowest BCUT2D eigenvalue weighted by Gasteiger charge is -2.20. The summed E-state index contributed by atoms with van der Waals surface area (Å²) in [5.41, 5.74) is 0.529. The average Bonchev–Trinajstić information content (AvgIpc) is 2.47. The fraction of sp³-hybridized carbons (Fsp3) is 0.471. The Labute approximate surface area is 130 Å². The zero-order chi connectivity index (χ0) is 16.4. The van der Waals surface area contributed by atoms with E-state index in [0.717, 1.165) is 10.9 Å². The van der Waals surface area contributed by atoms with E-state index in [1.54, 1.807) is 18.7 Å². The van der Waals surface area contributed by atoms with Crippen molar-refractivity contribution in [1.82, 2.24) is 4.57 Å². The van der Waals surface area contributed by atoms with Gasteiger partial charge in [-0.15, -0.1) is 0 Å². The minimum atomic E-state index is -0.217. The van der Waals surface area contributed by atoms with Crippen molar-refractivity contribution in [3.8, 4) is 17.2 Å². The van der Waals surface area contributed by atoms with E-state index < -0.39 is 0 Å². The molecule has 1 aromatic heterocycles. The number of rotatable bonds is 5. The van der Waals surface area contributed by atoms with Gasteiger partial charge in [0.2, 0.25) is 5.75 Å². The number of benzene rings is 1. The highest BCUT2D eigenvalue weighted by molar-refractivity contribution is 5.89. The lowest BCUT2D eigenvalue weighted by molar-refractivity contribution is 0.197. The van der Waals surface area contributed by atoms with Crippen molar-refractivity contribution in [3.63, 3.8) is 0 Å². The molecule has 0 fully saturated rings. The maximum Gasteiger partial charge on any atom is 0.297 e. The first-order valence-corrected chi connectivity index (χ1v) is 7.39. The zero-order valence-corrected chi connectivity index (χ0v) is 14.0. The van der Waals surface area contributed by atoms with Crippen LogP contribution >= 0.6 is 0 Å². The Morgan fingerprint density at radius 3 is 2.14 bits per heavy atom. The lowest BCUT2D eigenvalue weighted by Crippen LogP contribution is -2.24. The van der Waals surface area contributed by atoms with Crippen molar-refractivity contribution >= 4 is 10.9 Å². The van der Waals surface area contributed by atoms with E-state index in [4.69, 9.17) is 14.2 Å². The van der Waals surface area contributed by atoms with E-state index in [1.807, 2.05) is 45.9 Å². The maximum atomic E-state index is 12.6. The molecule has 5 heteroatoms. The number of fused-ring (bicyclic) bond motifs is 1. The third-order valence-corrected chi connectivity index (χ3v) is 3.22. The Morgan fingerprint density at radius 1 is 1.00 bits per heavy atom. The summed E-state index contributed by atoms with van der Waals surface area (Å²) in [6.45, 7) is 7.62. The highest BCUT2D eigenvalue weighted by Gasteiger charge is 2.20. The van der Waals surface area contributed by atoms with Gasteiger partial charge in [0, 0.05) is 18.5 Å². The normalized spacial score (nSPS) is 11.3. The average molecular weight is 305 g/mol. The van der Waals surface area contributed by atoms with Crippen LogP contribution in [0.2, 0.25) is 0 Å². The highest BCUT2D eigenvalue weighted by Crippen LogP contribution is 2.35. The van der Waals surface area contributed by atoms with Gasteiger partial charge in [0.25, 0.3) is 5.56 Å². The van der Waals surface area contributed by atoms with E-state index in [2.05, 4.69) is 0 Å². The molecule has 0 aliphatic rings. The van der Waals surface area contributed by atoms with Crippen LogP contribution in [-0.2, 0) is 7.05 Å². The molecule has 0 atom stereocenters. The Hall–Kier alpha value is -2.17. The fourth-order valence-electron chi connectivity index (χ4n) is 2.28. The number of ether oxygens (including phenoxy) is 3. The Kier molecular flexibility index (Phi) is 4.64. The van der Waals surface area contributed by atoms with Crippen LogP contribution in [0.4, 0.5) is 0 Å². The molecule has 2 aromatic rings. The molecule has 0 bridgehead atoms. The second kappa shape index (κ2) is 6.30. The standard InChI is InChI=1S/C17H23NO4/c1-10(2)21-15-13-8-7-12(20-6)9-14(13)18(5)17(19)16(15)22-11(3)4/h7-11H,1-6H3. The monoisotopic (exact) mass is 305 g/mol. The minimum Gasteiger partial charge on any atom is -0.497 e. The number of hydrogen-bond donors (Lipinski definition) is 0. The van der Waals surface area contributed by atoms with E-state index in [9.17, 15) is 4.79 Å². The molecule has 0 amide bonds. The number of nitrogens with zero attached hydrogens (tertiary/aromatic N) is 1. The van der Waals surface area contributed by atoms with Crippen LogP contribution in [0.5, 0.6) is 17.2 Å². The van der Waals surface area contributed by atoms with Crippen LogP contribution in [0, 0.1) is 0 Å². The molecule has 0 aliphatic heterocycles. The molecule has 0 radical (unpaired) electrons. The smallest absolute Gasteiger partial charge is 0.297 e. The van der Waals surface area contributed by atoms with E-state index in [0.29, 0.717) is 11.5 Å². The van der Waals surface area contributed by atoms with Crippen molar-refractivity contribution in [3.05, 3.63) is 28.6 Å². The molecule has 2 rings (SSSR count). The molecule has 0 saturated heterocycles. The third kappa shape index (κ3) is 3.03. The zero-order valence-electron chi connectivity index (χ0n) is 14.0. The van der Waals surface area contributed by atoms with E-state index in [1.165, 1.54) is 0 Å². The molecule has 120 valence electrons. The number of aryl methyl sites for hydroxylation is 1. The molecule has 22 heavy (non-hydrogen) atoms. The van der Waals surface area contributed by atoms with Gasteiger partial charge in [-0.1, -0.05) is 0 Å². The molecule has 0 spiro atoms. The largest absolute Gasteiger partial charge is 0.497 e. The summed E-state index contributed by atoms with van der Waals surface area (Å²) >= 11 is 0. The maximum absolute atomic E-state index is 12.6. The summed E-state index contributed by atoms with van der Waals surface area (Å²) in [6, 6.07) is 5.56. The summed E-state index contributed by atoms with van der Waals surface area (Å²) in [5.74, 6) is 1.43. The molecule has 1 heterocycles. The fourth-order valence-corrected chi connectivity index (χ4v) is 2.28. The van der Waals surface area contributed by atoms with Gasteiger partial charge in [-0.25, -0.2) is 0 Å². The van der Waals surface area contributed by atoms with Crippen molar-refractivity contribution in [2.24, 2.45) is 7.05 Å². The molecule has 0 saturated carbocycles. The Balaban J connectivity index is 2.82. The molecule has 1 aromatic carbocycles. The summed E-state index contributed by atoms with van der Waals surface area (Å²) in [6.07, 6.45) is -0.176. The topological polar surface area (TPSA) is 49.7 Å². The Bertz CT molecular complexity index is 731. The van der Waals surface area contributed by atoms with Gasteiger partial charge in [-0.05, 0) is 39.8 Å². The highest BCUT2D eigenvalue weighted by atomic mass is 16.5. The predicted octanol–water partition coefficient (Wildman–Crippen LogP) is 3.12. The van der Waals surface area contributed by atoms with Crippen LogP contribution in [0.3, 0.4) is 0 Å². The van der Waals surface area contributed by atoms with Crippen LogP contribution in [0.1, 0.15) is 27.7 Å². The quantitative estimate of drug-likeness (QED) is 0.851. The van der Waals surface area contributed by atoms with E-state index in [-0.39, 0.29) is 23.5 Å². The van der Waals surface area contributed by atoms with Gasteiger partial charge in [0.1, 0.15) is 5.75 Å². The molecule has 0 N–H and O–H groups in total. The van der Waals surface area contributed by atoms with Gasteiger partial charge in [0.05, 0.1) is 24.8 Å². The van der Waals surface area contributed by atoms with Crippen molar-refractivity contribution in [2.75, 3.05) is 7.11 Å². The first-order valence-electron chi connectivity index (χ1n) is 7.39. The summed E-state index contributed by atoms with van der Waals surface area (Å²) in [7, 11) is 3.32. The third-order valence-electron chi connectivity index (χ3n) is 3.22. The number of pyridine rings is 1. The van der Waals surface area contributed by atoms with Gasteiger partial charge >= 0.3 is 0 Å². The molecule has 0 unspecified atom stereocenters. The van der Waals surface area contributed by atoms with Crippen LogP contribution < -0.4 is 19.8 Å². The van der Waals surface area contributed by atoms with Crippen molar-refractivity contribution in [2.45, 2.75) is 39.9 Å². The van der Waals surface area contributed by atoms with Gasteiger partial charge in [0.15, 0.2) is 5.75 Å². The number of aromatic nitrogens is 1. The summed E-state index contributed by atoms with van der Waals surface area (Å²) < 4.78 is 18.4. The second-order valence-electron chi connectivity index (χ2n) is 5.74. The predicted molar refractivity (Wildman–Crippen MR) is 87.3 cm³/mol. The summed E-state index contributed by atoms with van der Waals surface area (Å²) in [4.78, 5) is 12.6. The molecular formula is C17H23NO4. The van der Waals surface area contributed by atoms with Crippen LogP contribution in [0.15, 0.2) is 23.0 Å². The lowest BCUT2D eigenvalue weighted by atomic mass is 10.1. The van der Waals surface area contributed by atoms with Crippen molar-refractivity contribution < 1.29 is 14.2 Å². The second-order valence-corrected chi connectivity index (χ2v) is 5.74. The first kappa shape index (κ1) is 16.2. The van der Waals surface area contributed by atoms with Gasteiger partial charge in [-0.3, -0.25) is 4.79 Å². The molecule has 0 aliphatic carbocycles. The number of hydrogen-bond acceptors (Lipinski definition) is 4. The SMILES string of the molecule is COc1ccc2c(OC(C)C)c(OC(C)C)c(=O)n(C)c2c1. The molecular weight excluding hydrogens is 282 g/mol. The van der Waals surface area contributed by atoms with Gasteiger partial charge < -0.3 is 18.8 Å². The number of methoxy groups -OCH3 is 1. The molecule has 5 nitrogen and oxygen atoms in total. The van der Waals surface area contributed by atoms with Crippen LogP contribution in [0.25, 0.3) is 10.9 Å². The minimum absolute atomic E-state index is 0.0630. The van der Waals surface area contributed by atoms with E-state index >= 15 is 0 Å². The van der Waals surface area contributed by atoms with Crippen molar-refractivity contribution in [1.29, 1.82) is 0 Å². The van der Waals surface area contributed by atoms with Gasteiger partial charge in [-0.2, -0.15) is 0 Å². The summed E-state index contributed by atoms with van der Waals surface area (Å²) in [5, 5.41) is 0.826. The Morgan fingerprint density at radius 2 is 1.59 bits per heavy atom.